The van der Waals surface area contributed by atoms with Crippen LogP contribution in [-0.4, -0.2) is 4.55 Å². The molecule has 0 fully saturated rings. The molecule has 0 aromatic heterocycles. The van der Waals surface area contributed by atoms with Crippen LogP contribution < -0.4 is 0 Å². The maximum Gasteiger partial charge on any atom is 0.166 e. The number of benzene rings is 3. The third kappa shape index (κ3) is 4.17. The lowest BCUT2D eigenvalue weighted by molar-refractivity contribution is 0.504. The highest BCUT2D eigenvalue weighted by molar-refractivity contribution is 7.95. The molecular weight excluding hydrogens is 419 g/mol. The van der Waals surface area contributed by atoms with Crippen LogP contribution in [0.15, 0.2) is 77.1 Å². The van der Waals surface area contributed by atoms with Gasteiger partial charge < -0.3 is 4.55 Å². The summed E-state index contributed by atoms with van der Waals surface area (Å²) in [5.74, 6) is -5.10. The van der Waals surface area contributed by atoms with Crippen molar-refractivity contribution in [1.82, 2.24) is 0 Å². The highest BCUT2D eigenvalue weighted by atomic mass is 32.2. The van der Waals surface area contributed by atoms with Gasteiger partial charge in [0.15, 0.2) is 33.1 Å². The van der Waals surface area contributed by atoms with Gasteiger partial charge in [-0.2, -0.15) is 0 Å². The van der Waals surface area contributed by atoms with E-state index in [0.29, 0.717) is 0 Å². The predicted octanol–water partition coefficient (Wildman–Crippen LogP) is 6.44. The molecule has 0 N–H and O–H groups in total. The molecule has 1 nitrogen and oxygen atoms in total. The number of rotatable bonds is 5. The van der Waals surface area contributed by atoms with E-state index in [1.165, 1.54) is 37.3 Å². The molecule has 0 heterocycles. The first-order valence-corrected chi connectivity index (χ1v) is 9.84. The van der Waals surface area contributed by atoms with Gasteiger partial charge in [0.1, 0.15) is 5.82 Å². The molecule has 0 amide bonds. The second-order valence-electron chi connectivity index (χ2n) is 6.33. The largest absolute Gasteiger partial charge is 0.606 e. The van der Waals surface area contributed by atoms with Crippen LogP contribution in [0.3, 0.4) is 0 Å². The molecule has 0 radical (unpaired) electrons. The van der Waals surface area contributed by atoms with Crippen LogP contribution in [-0.2, 0) is 11.2 Å². The Morgan fingerprint density at radius 1 is 0.833 bits per heavy atom. The van der Waals surface area contributed by atoms with Crippen molar-refractivity contribution in [3.8, 4) is 0 Å². The highest BCUT2D eigenvalue weighted by Crippen LogP contribution is 2.36. The molecule has 154 valence electrons. The molecular formula is C23H15F5OS. The third-order valence-electron chi connectivity index (χ3n) is 4.48. The van der Waals surface area contributed by atoms with Crippen LogP contribution in [0.5, 0.6) is 0 Å². The Bertz CT molecular complexity index is 1160. The van der Waals surface area contributed by atoms with Gasteiger partial charge in [0.25, 0.3) is 0 Å². The Hall–Kier alpha value is -2.90. The topological polar surface area (TPSA) is 23.1 Å². The summed E-state index contributed by atoms with van der Waals surface area (Å²) < 4.78 is 81.9. The van der Waals surface area contributed by atoms with E-state index >= 15 is 0 Å². The number of hydrogen-bond donors (Lipinski definition) is 0. The van der Waals surface area contributed by atoms with Gasteiger partial charge in [0.2, 0.25) is 0 Å². The van der Waals surface area contributed by atoms with Crippen molar-refractivity contribution in [3.05, 3.63) is 118 Å². The zero-order valence-corrected chi connectivity index (χ0v) is 16.5. The first-order valence-electron chi connectivity index (χ1n) is 8.69. The average molecular weight is 434 g/mol. The normalized spacial score (nSPS) is 13.0. The lowest BCUT2D eigenvalue weighted by Crippen LogP contribution is -2.09. The molecule has 0 spiro atoms. The van der Waals surface area contributed by atoms with Crippen molar-refractivity contribution in [2.45, 2.75) is 11.8 Å². The zero-order valence-electron chi connectivity index (χ0n) is 15.7. The highest BCUT2D eigenvalue weighted by Gasteiger charge is 2.26. The first-order chi connectivity index (χ1) is 14.2. The quantitative estimate of drug-likeness (QED) is 0.257. The fourth-order valence-electron chi connectivity index (χ4n) is 2.95. The van der Waals surface area contributed by atoms with Crippen LogP contribution in [0.2, 0.25) is 0 Å². The maximum absolute atomic E-state index is 14.2. The van der Waals surface area contributed by atoms with Crippen molar-refractivity contribution in [2.75, 3.05) is 0 Å². The average Bonchev–Trinajstić information content (AvgIpc) is 2.72. The summed E-state index contributed by atoms with van der Waals surface area (Å²) in [6.45, 7) is 5.11. The van der Waals surface area contributed by atoms with Crippen molar-refractivity contribution >= 4 is 16.7 Å². The molecule has 3 aromatic rings. The lowest BCUT2D eigenvalue weighted by Gasteiger charge is -2.18. The summed E-state index contributed by atoms with van der Waals surface area (Å²) in [4.78, 5) is -0.0707. The fraction of sp³-hybridized carbons (Fsp3) is 0.0435. The van der Waals surface area contributed by atoms with Crippen molar-refractivity contribution in [2.24, 2.45) is 0 Å². The molecule has 0 saturated carbocycles. The van der Waals surface area contributed by atoms with Gasteiger partial charge >= 0.3 is 0 Å². The molecule has 0 aliphatic rings. The second-order valence-corrected chi connectivity index (χ2v) is 7.78. The van der Waals surface area contributed by atoms with Gasteiger partial charge in [-0.3, -0.25) is 0 Å². The molecule has 1 atom stereocenters. The van der Waals surface area contributed by atoms with Crippen LogP contribution in [0.4, 0.5) is 22.0 Å². The van der Waals surface area contributed by atoms with Gasteiger partial charge in [-0.1, -0.05) is 24.8 Å². The Labute approximate surface area is 173 Å². The Kier molecular flexibility index (Phi) is 6.43. The monoisotopic (exact) mass is 434 g/mol. The van der Waals surface area contributed by atoms with Crippen molar-refractivity contribution in [1.29, 1.82) is 0 Å². The summed E-state index contributed by atoms with van der Waals surface area (Å²) in [5, 5.41) is 0. The van der Waals surface area contributed by atoms with Gasteiger partial charge in [-0.25, -0.2) is 22.0 Å². The van der Waals surface area contributed by atoms with Crippen LogP contribution in [0.1, 0.15) is 16.7 Å². The smallest absolute Gasteiger partial charge is 0.166 e. The Morgan fingerprint density at radius 2 is 1.47 bits per heavy atom. The molecule has 0 aliphatic heterocycles. The minimum absolute atomic E-state index is 0.000663. The fourth-order valence-corrected chi connectivity index (χ4v) is 4.17. The molecule has 30 heavy (non-hydrogen) atoms. The standard InChI is InChI=1S/C23H15F5OS/c1-3-22(30(29)15-8-10-19(26)21(28)12-15)23(14-7-9-18(25)20(27)11-14)16-5-4-6-17(24)13(16)2/h3-12H,1H2,2H3/b23-22+. The van der Waals surface area contributed by atoms with E-state index < -0.39 is 40.3 Å². The molecule has 0 aliphatic carbocycles. The Morgan fingerprint density at radius 3 is 2.07 bits per heavy atom. The summed E-state index contributed by atoms with van der Waals surface area (Å²) in [7, 11) is 0. The molecule has 7 heteroatoms. The van der Waals surface area contributed by atoms with Crippen molar-refractivity contribution < 1.29 is 26.5 Å². The SMILES string of the molecule is C=C/C(=C(/c1ccc(F)c(F)c1)c1cccc(F)c1C)[S+]([O-])c1ccc(F)c(F)c1. The van der Waals surface area contributed by atoms with Crippen LogP contribution >= 0.6 is 0 Å². The van der Waals surface area contributed by atoms with E-state index in [2.05, 4.69) is 6.58 Å². The van der Waals surface area contributed by atoms with Gasteiger partial charge in [0.05, 0.1) is 0 Å². The van der Waals surface area contributed by atoms with Crippen molar-refractivity contribution in [3.63, 3.8) is 0 Å². The van der Waals surface area contributed by atoms with E-state index in [4.69, 9.17) is 0 Å². The molecule has 3 aromatic carbocycles. The van der Waals surface area contributed by atoms with E-state index in [-0.39, 0.29) is 32.1 Å². The summed E-state index contributed by atoms with van der Waals surface area (Å²) in [6, 6.07) is 9.94. The van der Waals surface area contributed by atoms with E-state index in [9.17, 15) is 26.5 Å². The molecule has 3 rings (SSSR count). The summed E-state index contributed by atoms with van der Waals surface area (Å²) in [5.41, 5.74) is 0.697. The first kappa shape index (κ1) is 21.8. The number of allylic oxidation sites excluding steroid dienone is 1. The summed E-state index contributed by atoms with van der Waals surface area (Å²) >= 11 is -2.08. The second kappa shape index (κ2) is 8.85. The summed E-state index contributed by atoms with van der Waals surface area (Å²) in [6.07, 6.45) is 1.21. The lowest BCUT2D eigenvalue weighted by atomic mass is 9.93. The molecule has 1 unspecified atom stereocenters. The minimum atomic E-state index is -2.08. The van der Waals surface area contributed by atoms with E-state index in [0.717, 1.165) is 30.3 Å². The van der Waals surface area contributed by atoms with Gasteiger partial charge in [-0.15, -0.1) is 0 Å². The number of hydrogen-bond acceptors (Lipinski definition) is 1. The van der Waals surface area contributed by atoms with E-state index in [1.54, 1.807) is 0 Å². The van der Waals surface area contributed by atoms with E-state index in [1.807, 2.05) is 0 Å². The van der Waals surface area contributed by atoms with Crippen LogP contribution in [0, 0.1) is 36.0 Å². The predicted molar refractivity (Wildman–Crippen MR) is 106 cm³/mol. The van der Waals surface area contributed by atoms with Gasteiger partial charge in [-0.05, 0) is 60.0 Å². The third-order valence-corrected chi connectivity index (χ3v) is 5.93. The minimum Gasteiger partial charge on any atom is -0.606 e. The molecule has 0 saturated heterocycles. The van der Waals surface area contributed by atoms with Crippen LogP contribution in [0.25, 0.3) is 5.57 Å². The Balaban J connectivity index is 2.33. The maximum atomic E-state index is 14.2. The van der Waals surface area contributed by atoms with Gasteiger partial charge in [0, 0.05) is 22.8 Å². The number of halogens is 5. The zero-order chi connectivity index (χ0) is 22.0. The molecule has 0 bridgehead atoms.